The molecule has 1 aromatic carbocycles. The number of phenols is 1. The van der Waals surface area contributed by atoms with Crippen molar-refractivity contribution in [2.75, 3.05) is 5.73 Å². The summed E-state index contributed by atoms with van der Waals surface area (Å²) >= 11 is 3.25. The molecule has 0 spiro atoms. The molecule has 0 radical (unpaired) electrons. The molecular weight excluding hydrogens is 218 g/mol. The van der Waals surface area contributed by atoms with Crippen LogP contribution in [0.5, 0.6) is 5.75 Å². The van der Waals surface area contributed by atoms with Crippen molar-refractivity contribution in [2.45, 2.75) is 6.92 Å². The van der Waals surface area contributed by atoms with Crippen LogP contribution in [0.25, 0.3) is 6.08 Å². The number of aromatic hydroxyl groups is 1. The number of hydrogen-bond acceptors (Lipinski definition) is 2. The molecule has 1 rings (SSSR count). The van der Waals surface area contributed by atoms with Crippen LogP contribution in [-0.4, -0.2) is 5.11 Å². The summed E-state index contributed by atoms with van der Waals surface area (Å²) in [6.07, 6.45) is 3.72. The molecule has 3 heteroatoms. The second-order valence-corrected chi connectivity index (χ2v) is 3.19. The first kappa shape index (κ1) is 9.13. The quantitative estimate of drug-likeness (QED) is 0.573. The van der Waals surface area contributed by atoms with Crippen LogP contribution < -0.4 is 5.73 Å². The van der Waals surface area contributed by atoms with Crippen molar-refractivity contribution in [3.63, 3.8) is 0 Å². The largest absolute Gasteiger partial charge is 0.507 e. The minimum Gasteiger partial charge on any atom is -0.507 e. The van der Waals surface area contributed by atoms with E-state index in [1.165, 1.54) is 0 Å². The van der Waals surface area contributed by atoms with E-state index in [4.69, 9.17) is 5.73 Å². The number of benzene rings is 1. The van der Waals surface area contributed by atoms with Gasteiger partial charge in [0.25, 0.3) is 0 Å². The zero-order valence-electron chi connectivity index (χ0n) is 6.71. The summed E-state index contributed by atoms with van der Waals surface area (Å²) in [6.45, 7) is 1.90. The summed E-state index contributed by atoms with van der Waals surface area (Å²) in [5, 5.41) is 9.31. The monoisotopic (exact) mass is 227 g/mol. The highest BCUT2D eigenvalue weighted by Crippen LogP contribution is 2.32. The maximum Gasteiger partial charge on any atom is 0.130 e. The normalized spacial score (nSPS) is 10.8. The van der Waals surface area contributed by atoms with E-state index in [1.807, 2.05) is 19.1 Å². The van der Waals surface area contributed by atoms with Crippen LogP contribution in [0.4, 0.5) is 5.69 Å². The van der Waals surface area contributed by atoms with Crippen LogP contribution >= 0.6 is 15.9 Å². The molecular formula is C9H10BrNO. The van der Waals surface area contributed by atoms with Gasteiger partial charge in [0.2, 0.25) is 0 Å². The van der Waals surface area contributed by atoms with Crippen molar-refractivity contribution in [1.82, 2.24) is 0 Å². The van der Waals surface area contributed by atoms with E-state index >= 15 is 0 Å². The molecule has 1 aromatic rings. The summed E-state index contributed by atoms with van der Waals surface area (Å²) in [6, 6.07) is 3.24. The Bertz CT molecular complexity index is 321. The standard InChI is InChI=1S/C9H10BrNO/c1-2-3-6-7(11)4-5-8(12)9(6)10/h2-5,12H,11H2,1H3/b3-2-. The SMILES string of the molecule is C/C=C\c1c(N)ccc(O)c1Br. The van der Waals surface area contributed by atoms with E-state index in [-0.39, 0.29) is 5.75 Å². The van der Waals surface area contributed by atoms with E-state index in [2.05, 4.69) is 15.9 Å². The van der Waals surface area contributed by atoms with E-state index in [0.717, 1.165) is 5.56 Å². The Morgan fingerprint density at radius 2 is 2.17 bits per heavy atom. The highest BCUT2D eigenvalue weighted by molar-refractivity contribution is 9.10. The number of nitrogen functional groups attached to an aromatic ring is 1. The van der Waals surface area contributed by atoms with Crippen molar-refractivity contribution in [2.24, 2.45) is 0 Å². The average Bonchev–Trinajstić information content (AvgIpc) is 2.06. The number of phenolic OH excluding ortho intramolecular Hbond substituents is 1. The number of halogens is 1. The first-order valence-corrected chi connectivity index (χ1v) is 4.35. The van der Waals surface area contributed by atoms with Gasteiger partial charge in [0.05, 0.1) is 4.47 Å². The van der Waals surface area contributed by atoms with Gasteiger partial charge in [0.15, 0.2) is 0 Å². The summed E-state index contributed by atoms with van der Waals surface area (Å²) in [5.41, 5.74) is 7.15. The lowest BCUT2D eigenvalue weighted by Gasteiger charge is -2.04. The van der Waals surface area contributed by atoms with Crippen LogP contribution in [-0.2, 0) is 0 Å². The Hall–Kier alpha value is -0.960. The predicted molar refractivity (Wildman–Crippen MR) is 54.9 cm³/mol. The van der Waals surface area contributed by atoms with Gasteiger partial charge >= 0.3 is 0 Å². The van der Waals surface area contributed by atoms with E-state index in [1.54, 1.807) is 12.1 Å². The van der Waals surface area contributed by atoms with Gasteiger partial charge in [-0.05, 0) is 35.0 Å². The van der Waals surface area contributed by atoms with Crippen molar-refractivity contribution in [1.29, 1.82) is 0 Å². The van der Waals surface area contributed by atoms with Crippen LogP contribution in [0.15, 0.2) is 22.7 Å². The number of hydrogen-bond donors (Lipinski definition) is 2. The van der Waals surface area contributed by atoms with Crippen molar-refractivity contribution in [3.05, 3.63) is 28.2 Å². The molecule has 2 nitrogen and oxygen atoms in total. The van der Waals surface area contributed by atoms with E-state index in [9.17, 15) is 5.11 Å². The Labute approximate surface area is 79.8 Å². The summed E-state index contributed by atoms with van der Waals surface area (Å²) in [4.78, 5) is 0. The summed E-state index contributed by atoms with van der Waals surface area (Å²) < 4.78 is 0.639. The third kappa shape index (κ3) is 1.61. The molecule has 12 heavy (non-hydrogen) atoms. The van der Waals surface area contributed by atoms with Gasteiger partial charge in [-0.25, -0.2) is 0 Å². The summed E-state index contributed by atoms with van der Waals surface area (Å²) in [7, 11) is 0. The Balaban J connectivity index is 3.32. The third-order valence-electron chi connectivity index (χ3n) is 1.53. The van der Waals surface area contributed by atoms with Gasteiger partial charge in [-0.1, -0.05) is 12.2 Å². The summed E-state index contributed by atoms with van der Waals surface area (Å²) in [5.74, 6) is 0.206. The zero-order chi connectivity index (χ0) is 9.14. The molecule has 0 fully saturated rings. The number of anilines is 1. The van der Waals surface area contributed by atoms with Crippen LogP contribution in [0.1, 0.15) is 12.5 Å². The fourth-order valence-corrected chi connectivity index (χ4v) is 1.43. The Kier molecular flexibility index (Phi) is 2.76. The van der Waals surface area contributed by atoms with Crippen LogP contribution in [0, 0.1) is 0 Å². The predicted octanol–water partition coefficient (Wildman–Crippen LogP) is 2.77. The van der Waals surface area contributed by atoms with Crippen molar-refractivity contribution in [3.8, 4) is 5.75 Å². The molecule has 64 valence electrons. The molecule has 0 aliphatic carbocycles. The van der Waals surface area contributed by atoms with Gasteiger partial charge < -0.3 is 10.8 Å². The Morgan fingerprint density at radius 3 is 2.75 bits per heavy atom. The van der Waals surface area contributed by atoms with Crippen LogP contribution in [0.2, 0.25) is 0 Å². The number of rotatable bonds is 1. The third-order valence-corrected chi connectivity index (χ3v) is 2.36. The molecule has 0 unspecified atom stereocenters. The molecule has 0 saturated heterocycles. The lowest BCUT2D eigenvalue weighted by Crippen LogP contribution is -1.89. The molecule has 0 heterocycles. The lowest BCUT2D eigenvalue weighted by molar-refractivity contribution is 0.472. The van der Waals surface area contributed by atoms with Gasteiger partial charge in [-0.15, -0.1) is 0 Å². The maximum atomic E-state index is 9.31. The topological polar surface area (TPSA) is 46.2 Å². The molecule has 0 aromatic heterocycles. The maximum absolute atomic E-state index is 9.31. The van der Waals surface area contributed by atoms with Crippen molar-refractivity contribution < 1.29 is 5.11 Å². The first-order valence-electron chi connectivity index (χ1n) is 3.56. The van der Waals surface area contributed by atoms with Gasteiger partial charge in [-0.2, -0.15) is 0 Å². The molecule has 0 aliphatic heterocycles. The van der Waals surface area contributed by atoms with Gasteiger partial charge in [0, 0.05) is 11.3 Å². The van der Waals surface area contributed by atoms with E-state index in [0.29, 0.717) is 10.2 Å². The zero-order valence-corrected chi connectivity index (χ0v) is 8.30. The molecule has 0 bridgehead atoms. The highest BCUT2D eigenvalue weighted by Gasteiger charge is 2.04. The molecule has 0 aliphatic rings. The second-order valence-electron chi connectivity index (χ2n) is 2.40. The van der Waals surface area contributed by atoms with E-state index < -0.39 is 0 Å². The molecule has 0 saturated carbocycles. The fourth-order valence-electron chi connectivity index (χ4n) is 0.932. The molecule has 3 N–H and O–H groups in total. The fraction of sp³-hybridized carbons (Fsp3) is 0.111. The smallest absolute Gasteiger partial charge is 0.130 e. The lowest BCUT2D eigenvalue weighted by atomic mass is 10.1. The minimum absolute atomic E-state index is 0.206. The Morgan fingerprint density at radius 1 is 1.50 bits per heavy atom. The minimum atomic E-state index is 0.206. The van der Waals surface area contributed by atoms with Gasteiger partial charge in [0.1, 0.15) is 5.75 Å². The molecule has 0 atom stereocenters. The molecule has 0 amide bonds. The highest BCUT2D eigenvalue weighted by atomic mass is 79.9. The van der Waals surface area contributed by atoms with Gasteiger partial charge in [-0.3, -0.25) is 0 Å². The number of nitrogens with two attached hydrogens (primary N) is 1. The second kappa shape index (κ2) is 3.63. The van der Waals surface area contributed by atoms with Crippen LogP contribution in [0.3, 0.4) is 0 Å². The number of allylic oxidation sites excluding steroid dienone is 1. The first-order chi connectivity index (χ1) is 5.66. The van der Waals surface area contributed by atoms with Crippen molar-refractivity contribution >= 4 is 27.7 Å². The average molecular weight is 228 g/mol.